The smallest absolute Gasteiger partial charge is 0.272 e. The fourth-order valence-electron chi connectivity index (χ4n) is 4.39. The van der Waals surface area contributed by atoms with E-state index in [2.05, 4.69) is 10.3 Å². The molecule has 0 saturated heterocycles. The summed E-state index contributed by atoms with van der Waals surface area (Å²) in [4.78, 5) is 42.2. The Morgan fingerprint density at radius 1 is 1.05 bits per heavy atom. The molecule has 5 N–H and O–H groups in total. The van der Waals surface area contributed by atoms with Crippen molar-refractivity contribution in [3.8, 4) is 5.75 Å². The highest BCUT2D eigenvalue weighted by molar-refractivity contribution is 6.11. The third-order valence-corrected chi connectivity index (χ3v) is 6.48. The summed E-state index contributed by atoms with van der Waals surface area (Å²) in [5.41, 5.74) is 2.97. The fraction of sp³-hybridized carbons (Fsp3) is 0.393. The van der Waals surface area contributed by atoms with Crippen molar-refractivity contribution < 1.29 is 29.4 Å². The standard InChI is InChI=1S/C28H35N3O6/c1-28(2,3)25(23(32)21-16-29-22-14-6-5-12-19(21)22)30-26(34)20(24(33)27(35)31-36)13-8-10-17-9-7-11-18(15-17)37-4/h5-7,9,11-12,14-16,20,24-25,29,33,36H,8,10,13H2,1-4H3,(H,30,34)(H,31,35)/t20-,24+,25-/m1/s1. The first kappa shape index (κ1) is 27.9. The first-order valence-electron chi connectivity index (χ1n) is 12.2. The van der Waals surface area contributed by atoms with Crippen molar-refractivity contribution in [3.05, 3.63) is 65.9 Å². The van der Waals surface area contributed by atoms with Gasteiger partial charge in [0.1, 0.15) is 11.9 Å². The molecule has 0 unspecified atom stereocenters. The molecule has 0 aliphatic rings. The van der Waals surface area contributed by atoms with Gasteiger partial charge in [-0.1, -0.05) is 51.1 Å². The summed E-state index contributed by atoms with van der Waals surface area (Å²) in [6.07, 6.45) is 1.02. The lowest BCUT2D eigenvalue weighted by molar-refractivity contribution is -0.146. The molecule has 1 heterocycles. The number of Topliss-reactive ketones (excluding diaryl/α,β-unsaturated/α-hetero) is 1. The van der Waals surface area contributed by atoms with E-state index in [0.717, 1.165) is 16.5 Å². The predicted octanol–water partition coefficient (Wildman–Crippen LogP) is 3.40. The average Bonchev–Trinajstić information content (AvgIpc) is 3.32. The van der Waals surface area contributed by atoms with Gasteiger partial charge in [-0.3, -0.25) is 19.6 Å². The number of ether oxygens (including phenoxy) is 1. The molecular weight excluding hydrogens is 474 g/mol. The number of nitrogens with one attached hydrogen (secondary N) is 3. The Balaban J connectivity index is 1.81. The van der Waals surface area contributed by atoms with E-state index in [0.29, 0.717) is 24.2 Å². The molecule has 0 saturated carbocycles. The number of fused-ring (bicyclic) bond motifs is 1. The van der Waals surface area contributed by atoms with Crippen LogP contribution in [0.3, 0.4) is 0 Å². The lowest BCUT2D eigenvalue weighted by atomic mass is 9.81. The number of hydroxylamine groups is 1. The van der Waals surface area contributed by atoms with Gasteiger partial charge in [-0.2, -0.15) is 0 Å². The molecule has 0 aliphatic carbocycles. The van der Waals surface area contributed by atoms with Crippen molar-refractivity contribution in [2.45, 2.75) is 52.2 Å². The maximum atomic E-state index is 13.6. The molecule has 0 bridgehead atoms. The Morgan fingerprint density at radius 3 is 2.46 bits per heavy atom. The third kappa shape index (κ3) is 6.75. The van der Waals surface area contributed by atoms with Crippen LogP contribution in [0.4, 0.5) is 0 Å². The molecular formula is C28H35N3O6. The monoisotopic (exact) mass is 509 g/mol. The number of benzene rings is 2. The molecule has 0 radical (unpaired) electrons. The van der Waals surface area contributed by atoms with Crippen LogP contribution in [-0.2, 0) is 16.0 Å². The van der Waals surface area contributed by atoms with Gasteiger partial charge in [-0.05, 0) is 48.4 Å². The van der Waals surface area contributed by atoms with Crippen molar-refractivity contribution in [2.75, 3.05) is 7.11 Å². The number of aryl methyl sites for hydroxylation is 1. The van der Waals surface area contributed by atoms with Crippen LogP contribution in [0.25, 0.3) is 10.9 Å². The number of carbonyl (C=O) groups excluding carboxylic acids is 3. The largest absolute Gasteiger partial charge is 0.497 e. The summed E-state index contributed by atoms with van der Waals surface area (Å²) < 4.78 is 5.24. The zero-order chi connectivity index (χ0) is 27.2. The minimum atomic E-state index is -1.79. The summed E-state index contributed by atoms with van der Waals surface area (Å²) >= 11 is 0. The summed E-state index contributed by atoms with van der Waals surface area (Å²) in [6.45, 7) is 5.50. The van der Waals surface area contributed by atoms with Gasteiger partial charge >= 0.3 is 0 Å². The van der Waals surface area contributed by atoms with Crippen LogP contribution in [0.15, 0.2) is 54.7 Å². The second-order valence-corrected chi connectivity index (χ2v) is 10.2. The molecule has 2 amide bonds. The number of aromatic nitrogens is 1. The molecule has 3 aromatic rings. The Kier molecular flexibility index (Phi) is 9.07. The van der Waals surface area contributed by atoms with E-state index in [1.165, 1.54) is 5.48 Å². The van der Waals surface area contributed by atoms with Gasteiger partial charge in [0.25, 0.3) is 5.91 Å². The molecule has 9 nitrogen and oxygen atoms in total. The number of carbonyl (C=O) groups is 3. The van der Waals surface area contributed by atoms with Crippen LogP contribution in [0, 0.1) is 11.3 Å². The topological polar surface area (TPSA) is 141 Å². The summed E-state index contributed by atoms with van der Waals surface area (Å²) in [7, 11) is 1.58. The maximum absolute atomic E-state index is 13.6. The van der Waals surface area contributed by atoms with Crippen LogP contribution in [-0.4, -0.2) is 52.2 Å². The lowest BCUT2D eigenvalue weighted by Gasteiger charge is -2.32. The molecule has 0 spiro atoms. The van der Waals surface area contributed by atoms with Crippen LogP contribution < -0.4 is 15.5 Å². The second-order valence-electron chi connectivity index (χ2n) is 10.2. The zero-order valence-electron chi connectivity index (χ0n) is 21.6. The van der Waals surface area contributed by atoms with E-state index in [9.17, 15) is 19.5 Å². The Morgan fingerprint density at radius 2 is 1.78 bits per heavy atom. The number of rotatable bonds is 11. The van der Waals surface area contributed by atoms with Gasteiger partial charge in [0, 0.05) is 22.7 Å². The number of methoxy groups -OCH3 is 1. The van der Waals surface area contributed by atoms with Crippen LogP contribution in [0.5, 0.6) is 5.75 Å². The van der Waals surface area contributed by atoms with Gasteiger partial charge < -0.3 is 20.1 Å². The highest BCUT2D eigenvalue weighted by Crippen LogP contribution is 2.28. The molecule has 1 aromatic heterocycles. The van der Waals surface area contributed by atoms with E-state index in [4.69, 9.17) is 9.94 Å². The Hall–Kier alpha value is -3.69. The molecule has 3 atom stereocenters. The number of amides is 2. The molecule has 37 heavy (non-hydrogen) atoms. The second kappa shape index (κ2) is 12.0. The van der Waals surface area contributed by atoms with Crippen LogP contribution in [0.1, 0.15) is 49.5 Å². The van der Waals surface area contributed by atoms with E-state index in [1.807, 2.05) is 69.3 Å². The first-order chi connectivity index (χ1) is 17.6. The van der Waals surface area contributed by atoms with Crippen molar-refractivity contribution in [1.29, 1.82) is 0 Å². The van der Waals surface area contributed by atoms with Crippen LogP contribution >= 0.6 is 0 Å². The summed E-state index contributed by atoms with van der Waals surface area (Å²) in [5.74, 6) is -2.49. The number of hydrogen-bond donors (Lipinski definition) is 5. The van der Waals surface area contributed by atoms with E-state index in [1.54, 1.807) is 13.3 Å². The van der Waals surface area contributed by atoms with E-state index >= 15 is 0 Å². The molecule has 3 rings (SSSR count). The average molecular weight is 510 g/mol. The number of aromatic amines is 1. The molecule has 9 heteroatoms. The number of aliphatic hydroxyl groups is 1. The maximum Gasteiger partial charge on any atom is 0.272 e. The number of para-hydroxylation sites is 1. The lowest BCUT2D eigenvalue weighted by Crippen LogP contribution is -2.53. The van der Waals surface area contributed by atoms with E-state index in [-0.39, 0.29) is 12.2 Å². The van der Waals surface area contributed by atoms with Crippen molar-refractivity contribution >= 4 is 28.5 Å². The summed E-state index contributed by atoms with van der Waals surface area (Å²) in [5, 5.41) is 23.2. The van der Waals surface area contributed by atoms with Gasteiger partial charge in [0.15, 0.2) is 5.78 Å². The minimum absolute atomic E-state index is 0.149. The normalized spacial score (nSPS) is 14.0. The van der Waals surface area contributed by atoms with Gasteiger partial charge in [-0.15, -0.1) is 0 Å². The Labute approximate surface area is 216 Å². The molecule has 0 fully saturated rings. The molecule has 2 aromatic carbocycles. The molecule has 0 aliphatic heterocycles. The van der Waals surface area contributed by atoms with Crippen LogP contribution in [0.2, 0.25) is 0 Å². The number of hydrogen-bond acceptors (Lipinski definition) is 6. The van der Waals surface area contributed by atoms with Crippen molar-refractivity contribution in [2.24, 2.45) is 11.3 Å². The van der Waals surface area contributed by atoms with E-state index < -0.39 is 35.3 Å². The Bertz CT molecular complexity index is 1250. The SMILES string of the molecule is COc1cccc(CCC[C@@H](C(=O)N[C@H](C(=O)c2c[nH]c3ccccc23)C(C)(C)C)[C@H](O)C(=O)NO)c1. The summed E-state index contributed by atoms with van der Waals surface area (Å²) in [6, 6.07) is 13.9. The predicted molar refractivity (Wildman–Crippen MR) is 139 cm³/mol. The van der Waals surface area contributed by atoms with Crippen molar-refractivity contribution in [1.82, 2.24) is 15.8 Å². The van der Waals surface area contributed by atoms with Crippen molar-refractivity contribution in [3.63, 3.8) is 0 Å². The fourth-order valence-corrected chi connectivity index (χ4v) is 4.39. The van der Waals surface area contributed by atoms with Gasteiger partial charge in [-0.25, -0.2) is 5.48 Å². The molecule has 198 valence electrons. The third-order valence-electron chi connectivity index (χ3n) is 6.48. The highest BCUT2D eigenvalue weighted by atomic mass is 16.5. The quantitative estimate of drug-likeness (QED) is 0.152. The zero-order valence-corrected chi connectivity index (χ0v) is 21.6. The number of ketones is 1. The first-order valence-corrected chi connectivity index (χ1v) is 12.2. The minimum Gasteiger partial charge on any atom is -0.497 e. The number of aliphatic hydroxyl groups excluding tert-OH is 1. The number of H-pyrrole nitrogens is 1. The van der Waals surface area contributed by atoms with Gasteiger partial charge in [0.05, 0.1) is 19.1 Å². The highest BCUT2D eigenvalue weighted by Gasteiger charge is 2.38. The van der Waals surface area contributed by atoms with Gasteiger partial charge in [0.2, 0.25) is 5.91 Å².